The molecule has 0 saturated carbocycles. The van der Waals surface area contributed by atoms with Gasteiger partial charge >= 0.3 is 5.97 Å². The number of fused-ring (bicyclic) bond motifs is 1. The van der Waals surface area contributed by atoms with Crippen LogP contribution in [-0.4, -0.2) is 61.5 Å². The number of benzene rings is 1. The molecule has 2 amide bonds. The SMILES string of the molecule is NC(C(=O)NC1C(=O)N2C(C(=O)O)C3(CCSC3)S[C@@H]12)c1ccccc1. The zero-order valence-electron chi connectivity index (χ0n) is 13.8. The normalized spacial score (nSPS) is 33.7. The highest BCUT2D eigenvalue weighted by atomic mass is 32.2. The minimum atomic E-state index is -0.971. The quantitative estimate of drug-likeness (QED) is 0.635. The summed E-state index contributed by atoms with van der Waals surface area (Å²) >= 11 is 3.23. The van der Waals surface area contributed by atoms with Gasteiger partial charge in [-0.05, 0) is 17.7 Å². The van der Waals surface area contributed by atoms with Crippen molar-refractivity contribution >= 4 is 41.3 Å². The molecule has 1 spiro atoms. The number of thioether (sulfide) groups is 2. The number of nitrogens with two attached hydrogens (primary N) is 1. The predicted molar refractivity (Wildman–Crippen MR) is 99.6 cm³/mol. The second-order valence-electron chi connectivity index (χ2n) is 6.74. The van der Waals surface area contributed by atoms with E-state index >= 15 is 0 Å². The molecule has 4 rings (SSSR count). The maximum Gasteiger partial charge on any atom is 0.327 e. The Bertz CT molecular complexity index is 754. The molecule has 1 aromatic rings. The highest BCUT2D eigenvalue weighted by Gasteiger charge is 2.67. The minimum Gasteiger partial charge on any atom is -0.480 e. The first-order valence-corrected chi connectivity index (χ1v) is 10.4. The third kappa shape index (κ3) is 2.60. The number of amides is 2. The third-order valence-corrected chi connectivity index (χ3v) is 8.38. The lowest BCUT2D eigenvalue weighted by Gasteiger charge is -2.43. The first kappa shape index (κ1) is 17.7. The van der Waals surface area contributed by atoms with Crippen molar-refractivity contribution in [2.75, 3.05) is 11.5 Å². The van der Waals surface area contributed by atoms with Crippen molar-refractivity contribution in [2.45, 2.75) is 34.7 Å². The molecule has 26 heavy (non-hydrogen) atoms. The minimum absolute atomic E-state index is 0.336. The maximum absolute atomic E-state index is 12.6. The Balaban J connectivity index is 1.49. The van der Waals surface area contributed by atoms with Gasteiger partial charge < -0.3 is 21.1 Å². The second-order valence-corrected chi connectivity index (χ2v) is 9.37. The zero-order chi connectivity index (χ0) is 18.5. The van der Waals surface area contributed by atoms with E-state index in [-0.39, 0.29) is 11.3 Å². The monoisotopic (exact) mass is 393 g/mol. The fourth-order valence-electron chi connectivity index (χ4n) is 3.85. The Morgan fingerprint density at radius 1 is 1.35 bits per heavy atom. The second kappa shape index (κ2) is 6.47. The van der Waals surface area contributed by atoms with E-state index in [1.54, 1.807) is 36.0 Å². The average molecular weight is 393 g/mol. The Labute approximate surface area is 159 Å². The van der Waals surface area contributed by atoms with E-state index in [9.17, 15) is 19.5 Å². The molecule has 0 bridgehead atoms. The van der Waals surface area contributed by atoms with Crippen molar-refractivity contribution < 1.29 is 19.5 Å². The van der Waals surface area contributed by atoms with Crippen molar-refractivity contribution in [3.63, 3.8) is 0 Å². The summed E-state index contributed by atoms with van der Waals surface area (Å²) in [5.74, 6) is -0.136. The number of aliphatic carboxylic acids is 1. The van der Waals surface area contributed by atoms with Gasteiger partial charge in [-0.25, -0.2) is 4.79 Å². The zero-order valence-corrected chi connectivity index (χ0v) is 15.5. The molecule has 0 aliphatic carbocycles. The van der Waals surface area contributed by atoms with Crippen LogP contribution in [0, 0.1) is 0 Å². The lowest BCUT2D eigenvalue weighted by atomic mass is 9.92. The van der Waals surface area contributed by atoms with Gasteiger partial charge in [-0.3, -0.25) is 9.59 Å². The van der Waals surface area contributed by atoms with E-state index in [1.165, 1.54) is 16.7 Å². The summed E-state index contributed by atoms with van der Waals surface area (Å²) in [6, 6.07) is 6.54. The summed E-state index contributed by atoms with van der Waals surface area (Å²) in [6.07, 6.45) is 0.754. The van der Waals surface area contributed by atoms with Crippen molar-refractivity contribution in [2.24, 2.45) is 5.73 Å². The van der Waals surface area contributed by atoms with Gasteiger partial charge in [0.15, 0.2) is 0 Å². The number of nitrogens with zero attached hydrogens (tertiary/aromatic N) is 1. The van der Waals surface area contributed by atoms with Crippen LogP contribution >= 0.6 is 23.5 Å². The van der Waals surface area contributed by atoms with Crippen LogP contribution in [0.2, 0.25) is 0 Å². The first-order valence-electron chi connectivity index (χ1n) is 8.36. The Morgan fingerprint density at radius 3 is 2.69 bits per heavy atom. The van der Waals surface area contributed by atoms with E-state index in [0.717, 1.165) is 12.2 Å². The van der Waals surface area contributed by atoms with Crippen LogP contribution in [0.25, 0.3) is 0 Å². The number of carboxylic acid groups (broad SMARTS) is 1. The van der Waals surface area contributed by atoms with Crippen molar-refractivity contribution in [1.29, 1.82) is 0 Å². The van der Waals surface area contributed by atoms with Gasteiger partial charge in [-0.1, -0.05) is 30.3 Å². The topological polar surface area (TPSA) is 113 Å². The first-order chi connectivity index (χ1) is 12.4. The molecular formula is C17H19N3O4S2. The highest BCUT2D eigenvalue weighted by Crippen LogP contribution is 2.56. The lowest BCUT2D eigenvalue weighted by molar-refractivity contribution is -0.161. The van der Waals surface area contributed by atoms with Crippen molar-refractivity contribution in [1.82, 2.24) is 10.2 Å². The van der Waals surface area contributed by atoms with Crippen LogP contribution in [0.3, 0.4) is 0 Å². The van der Waals surface area contributed by atoms with E-state index in [4.69, 9.17) is 5.73 Å². The number of hydrogen-bond donors (Lipinski definition) is 3. The number of nitrogens with one attached hydrogen (secondary N) is 1. The van der Waals surface area contributed by atoms with Crippen LogP contribution in [0.1, 0.15) is 18.0 Å². The van der Waals surface area contributed by atoms with Crippen LogP contribution in [0.4, 0.5) is 0 Å². The molecule has 3 aliphatic rings. The number of carbonyl (C=O) groups is 3. The molecule has 4 N–H and O–H groups in total. The molecule has 3 fully saturated rings. The van der Waals surface area contributed by atoms with Gasteiger partial charge in [0.25, 0.3) is 0 Å². The van der Waals surface area contributed by atoms with Gasteiger partial charge in [0, 0.05) is 5.75 Å². The number of carbonyl (C=O) groups excluding carboxylic acids is 2. The standard InChI is InChI=1S/C17H19N3O4S2/c18-10(9-4-2-1-3-5-9)13(21)19-11-14(22)20-12(16(23)24)17(26-15(11)20)6-7-25-8-17/h1-5,10-12,15H,6-8,18H2,(H,19,21)(H,23,24)/t10?,11?,12?,15-,17?/m0/s1. The van der Waals surface area contributed by atoms with E-state index in [2.05, 4.69) is 5.32 Å². The molecule has 0 aromatic heterocycles. The summed E-state index contributed by atoms with van der Waals surface area (Å²) < 4.78 is -0.460. The molecule has 3 saturated heterocycles. The van der Waals surface area contributed by atoms with Crippen LogP contribution in [0.15, 0.2) is 30.3 Å². The summed E-state index contributed by atoms with van der Waals surface area (Å²) in [4.78, 5) is 38.3. The largest absolute Gasteiger partial charge is 0.480 e. The van der Waals surface area contributed by atoms with Crippen molar-refractivity contribution in [3.05, 3.63) is 35.9 Å². The third-order valence-electron chi connectivity index (χ3n) is 5.20. The van der Waals surface area contributed by atoms with Gasteiger partial charge in [-0.2, -0.15) is 11.8 Å². The molecule has 9 heteroatoms. The molecule has 5 atom stereocenters. The molecule has 138 valence electrons. The summed E-state index contributed by atoms with van der Waals surface area (Å²) in [5.41, 5.74) is 6.66. The number of carboxylic acids is 1. The molecule has 4 unspecified atom stereocenters. The summed E-state index contributed by atoms with van der Waals surface area (Å²) in [5, 5.41) is 12.0. The van der Waals surface area contributed by atoms with Crippen LogP contribution in [0.5, 0.6) is 0 Å². The average Bonchev–Trinajstić information content (AvgIpc) is 3.23. The van der Waals surface area contributed by atoms with Crippen LogP contribution in [-0.2, 0) is 14.4 Å². The van der Waals surface area contributed by atoms with Gasteiger partial charge in [0.05, 0.1) is 4.75 Å². The molecular weight excluding hydrogens is 374 g/mol. The fourth-order valence-corrected chi connectivity index (χ4v) is 7.50. The summed E-state index contributed by atoms with van der Waals surface area (Å²) in [7, 11) is 0. The fraction of sp³-hybridized carbons (Fsp3) is 0.471. The predicted octanol–water partition coefficient (Wildman–Crippen LogP) is 0.415. The van der Waals surface area contributed by atoms with E-state index < -0.39 is 34.7 Å². The van der Waals surface area contributed by atoms with Gasteiger partial charge in [-0.15, -0.1) is 11.8 Å². The van der Waals surface area contributed by atoms with E-state index in [0.29, 0.717) is 11.3 Å². The smallest absolute Gasteiger partial charge is 0.327 e. The number of β-lactam (4-membered cyclic amide) rings is 1. The molecule has 7 nitrogen and oxygen atoms in total. The number of rotatable bonds is 4. The Morgan fingerprint density at radius 2 is 2.08 bits per heavy atom. The number of hydrogen-bond acceptors (Lipinski definition) is 6. The maximum atomic E-state index is 12.6. The Hall–Kier alpha value is -1.71. The molecule has 3 aliphatic heterocycles. The van der Waals surface area contributed by atoms with Crippen molar-refractivity contribution in [3.8, 4) is 0 Å². The molecule has 0 radical (unpaired) electrons. The van der Waals surface area contributed by atoms with Crippen LogP contribution < -0.4 is 11.1 Å². The van der Waals surface area contributed by atoms with E-state index in [1.807, 2.05) is 6.07 Å². The lowest BCUT2D eigenvalue weighted by Crippen LogP contribution is -2.71. The molecule has 3 heterocycles. The summed E-state index contributed by atoms with van der Waals surface area (Å²) in [6.45, 7) is 0. The van der Waals surface area contributed by atoms with Gasteiger partial charge in [0.1, 0.15) is 23.5 Å². The Kier molecular flexibility index (Phi) is 4.40. The van der Waals surface area contributed by atoms with Gasteiger partial charge in [0.2, 0.25) is 11.8 Å². The molecule has 1 aromatic carbocycles. The highest BCUT2D eigenvalue weighted by molar-refractivity contribution is 8.05.